The first-order chi connectivity index (χ1) is 12.1. The van der Waals surface area contributed by atoms with E-state index in [2.05, 4.69) is 11.9 Å². The van der Waals surface area contributed by atoms with Crippen LogP contribution in [0.4, 0.5) is 0 Å². The molecule has 1 aliphatic rings. The van der Waals surface area contributed by atoms with E-state index in [9.17, 15) is 4.79 Å². The first-order valence-electron chi connectivity index (χ1n) is 8.57. The zero-order valence-corrected chi connectivity index (χ0v) is 15.8. The largest absolute Gasteiger partial charge is 0.493 e. The minimum absolute atomic E-state index is 0.0540. The van der Waals surface area contributed by atoms with Crippen LogP contribution in [0.5, 0.6) is 10.9 Å². The van der Waals surface area contributed by atoms with Crippen molar-refractivity contribution in [1.82, 2.24) is 9.88 Å². The standard InChI is InChI=1S/C19H24N2O3S/c1-13-6-8-16(9-7-13)24-12-15-5-4-10-21(11-15)18(22)17-14(2)20-19(23-3)25-17/h6-9,15H,4-5,10-12H2,1-3H3/t15-/m0/s1. The molecule has 134 valence electrons. The number of carbonyl (C=O) groups excluding carboxylic acids is 1. The molecule has 1 aliphatic heterocycles. The van der Waals surface area contributed by atoms with Gasteiger partial charge in [0, 0.05) is 19.0 Å². The van der Waals surface area contributed by atoms with Crippen LogP contribution in [0.15, 0.2) is 24.3 Å². The van der Waals surface area contributed by atoms with Crippen LogP contribution in [-0.2, 0) is 0 Å². The third-order valence-corrected chi connectivity index (χ3v) is 5.57. The highest BCUT2D eigenvalue weighted by molar-refractivity contribution is 7.15. The fourth-order valence-corrected chi connectivity index (χ4v) is 3.89. The van der Waals surface area contributed by atoms with Gasteiger partial charge in [0.1, 0.15) is 10.6 Å². The highest BCUT2D eigenvalue weighted by Gasteiger charge is 2.27. The van der Waals surface area contributed by atoms with Crippen LogP contribution in [0.3, 0.4) is 0 Å². The molecule has 1 atom stereocenters. The molecule has 25 heavy (non-hydrogen) atoms. The molecular formula is C19H24N2O3S. The van der Waals surface area contributed by atoms with Crippen molar-refractivity contribution in [3.63, 3.8) is 0 Å². The average Bonchev–Trinajstić information content (AvgIpc) is 3.02. The number of hydrogen-bond donors (Lipinski definition) is 0. The third-order valence-electron chi connectivity index (χ3n) is 4.46. The predicted octanol–water partition coefficient (Wildman–Crippen LogP) is 3.70. The fraction of sp³-hybridized carbons (Fsp3) is 0.474. The summed E-state index contributed by atoms with van der Waals surface area (Å²) in [6, 6.07) is 8.08. The first-order valence-corrected chi connectivity index (χ1v) is 9.38. The highest BCUT2D eigenvalue weighted by atomic mass is 32.1. The molecule has 1 fully saturated rings. The van der Waals surface area contributed by atoms with Gasteiger partial charge in [-0.1, -0.05) is 29.0 Å². The van der Waals surface area contributed by atoms with Crippen molar-refractivity contribution in [3.05, 3.63) is 40.4 Å². The molecule has 1 aromatic carbocycles. The minimum Gasteiger partial charge on any atom is -0.493 e. The molecule has 1 aromatic heterocycles. The van der Waals surface area contributed by atoms with Crippen molar-refractivity contribution in [1.29, 1.82) is 0 Å². The smallest absolute Gasteiger partial charge is 0.273 e. The number of hydrogen-bond acceptors (Lipinski definition) is 5. The number of carbonyl (C=O) groups is 1. The van der Waals surface area contributed by atoms with E-state index in [1.165, 1.54) is 16.9 Å². The maximum atomic E-state index is 12.8. The molecule has 5 nitrogen and oxygen atoms in total. The van der Waals surface area contributed by atoms with E-state index >= 15 is 0 Å². The van der Waals surface area contributed by atoms with Crippen molar-refractivity contribution < 1.29 is 14.3 Å². The number of rotatable bonds is 5. The Hall–Kier alpha value is -2.08. The summed E-state index contributed by atoms with van der Waals surface area (Å²) in [5.41, 5.74) is 1.96. The summed E-state index contributed by atoms with van der Waals surface area (Å²) in [4.78, 5) is 19.7. The molecule has 6 heteroatoms. The molecule has 0 aliphatic carbocycles. The van der Waals surface area contributed by atoms with Crippen LogP contribution >= 0.6 is 11.3 Å². The Balaban J connectivity index is 1.59. The third kappa shape index (κ3) is 4.31. The summed E-state index contributed by atoms with van der Waals surface area (Å²) in [6.45, 7) is 6.07. The summed E-state index contributed by atoms with van der Waals surface area (Å²) in [7, 11) is 1.58. The highest BCUT2D eigenvalue weighted by Crippen LogP contribution is 2.27. The van der Waals surface area contributed by atoms with Crippen LogP contribution in [0.2, 0.25) is 0 Å². The molecule has 2 heterocycles. The maximum Gasteiger partial charge on any atom is 0.273 e. The molecule has 0 radical (unpaired) electrons. The number of benzene rings is 1. The van der Waals surface area contributed by atoms with Gasteiger partial charge in [-0.15, -0.1) is 0 Å². The average molecular weight is 360 g/mol. The zero-order chi connectivity index (χ0) is 17.8. The van der Waals surface area contributed by atoms with E-state index in [-0.39, 0.29) is 5.91 Å². The van der Waals surface area contributed by atoms with Crippen molar-refractivity contribution in [2.24, 2.45) is 5.92 Å². The van der Waals surface area contributed by atoms with E-state index in [0.717, 1.165) is 37.4 Å². The summed E-state index contributed by atoms with van der Waals surface area (Å²) in [5.74, 6) is 1.30. The van der Waals surface area contributed by atoms with Crippen LogP contribution < -0.4 is 9.47 Å². The number of nitrogens with zero attached hydrogens (tertiary/aromatic N) is 2. The van der Waals surface area contributed by atoms with E-state index in [1.54, 1.807) is 7.11 Å². The van der Waals surface area contributed by atoms with Gasteiger partial charge >= 0.3 is 0 Å². The number of aryl methyl sites for hydroxylation is 2. The predicted molar refractivity (Wildman–Crippen MR) is 98.7 cm³/mol. The molecule has 1 amide bonds. The lowest BCUT2D eigenvalue weighted by Crippen LogP contribution is -2.41. The topological polar surface area (TPSA) is 51.7 Å². The van der Waals surface area contributed by atoms with Crippen LogP contribution in [0, 0.1) is 19.8 Å². The monoisotopic (exact) mass is 360 g/mol. The zero-order valence-electron chi connectivity index (χ0n) is 14.9. The van der Waals surface area contributed by atoms with E-state index in [4.69, 9.17) is 9.47 Å². The van der Waals surface area contributed by atoms with Crippen LogP contribution in [0.1, 0.15) is 33.8 Å². The van der Waals surface area contributed by atoms with Crippen molar-refractivity contribution in [2.45, 2.75) is 26.7 Å². The van der Waals surface area contributed by atoms with Gasteiger partial charge in [0.15, 0.2) is 0 Å². The second kappa shape index (κ2) is 7.87. The summed E-state index contributed by atoms with van der Waals surface area (Å²) < 4.78 is 11.1. The Bertz CT molecular complexity index is 727. The fourth-order valence-electron chi connectivity index (χ4n) is 3.04. The molecule has 0 unspecified atom stereocenters. The summed E-state index contributed by atoms with van der Waals surface area (Å²) >= 11 is 1.32. The van der Waals surface area contributed by atoms with Gasteiger partial charge in [-0.3, -0.25) is 4.79 Å². The molecule has 0 saturated carbocycles. The Morgan fingerprint density at radius 1 is 1.32 bits per heavy atom. The lowest BCUT2D eigenvalue weighted by Gasteiger charge is -2.32. The molecule has 2 aromatic rings. The summed E-state index contributed by atoms with van der Waals surface area (Å²) in [6.07, 6.45) is 2.09. The van der Waals surface area contributed by atoms with Gasteiger partial charge in [0.05, 0.1) is 19.4 Å². The van der Waals surface area contributed by atoms with E-state index in [1.807, 2.05) is 36.1 Å². The SMILES string of the molecule is COc1nc(C)c(C(=O)N2CCC[C@H](COc3ccc(C)cc3)C2)s1. The summed E-state index contributed by atoms with van der Waals surface area (Å²) in [5, 5.41) is 0.539. The number of ether oxygens (including phenoxy) is 2. The Kier molecular flexibility index (Phi) is 5.58. The number of likely N-dealkylation sites (tertiary alicyclic amines) is 1. The van der Waals surface area contributed by atoms with E-state index in [0.29, 0.717) is 22.6 Å². The minimum atomic E-state index is 0.0540. The number of methoxy groups -OCH3 is 1. The van der Waals surface area contributed by atoms with Gasteiger partial charge < -0.3 is 14.4 Å². The van der Waals surface area contributed by atoms with Gasteiger partial charge in [-0.05, 0) is 38.8 Å². The molecular weight excluding hydrogens is 336 g/mol. The van der Waals surface area contributed by atoms with Crippen molar-refractivity contribution in [2.75, 3.05) is 26.8 Å². The molecule has 3 rings (SSSR count). The second-order valence-corrected chi connectivity index (χ2v) is 7.44. The van der Waals surface area contributed by atoms with Crippen LogP contribution in [-0.4, -0.2) is 42.6 Å². The first kappa shape index (κ1) is 17.7. The maximum absolute atomic E-state index is 12.8. The lowest BCUT2D eigenvalue weighted by atomic mass is 9.98. The quantitative estimate of drug-likeness (QED) is 0.816. The number of piperidine rings is 1. The molecule has 0 N–H and O–H groups in total. The Labute approximate surface area is 152 Å². The van der Waals surface area contributed by atoms with Gasteiger partial charge in [-0.2, -0.15) is 0 Å². The number of thiazole rings is 1. The molecule has 0 bridgehead atoms. The number of amides is 1. The van der Waals surface area contributed by atoms with Crippen LogP contribution in [0.25, 0.3) is 0 Å². The van der Waals surface area contributed by atoms with Crippen molar-refractivity contribution >= 4 is 17.2 Å². The van der Waals surface area contributed by atoms with Gasteiger partial charge in [-0.25, -0.2) is 4.98 Å². The Morgan fingerprint density at radius 3 is 2.76 bits per heavy atom. The van der Waals surface area contributed by atoms with Gasteiger partial charge in [0.2, 0.25) is 0 Å². The van der Waals surface area contributed by atoms with Gasteiger partial charge in [0.25, 0.3) is 11.1 Å². The second-order valence-electron chi connectivity index (χ2n) is 6.48. The van der Waals surface area contributed by atoms with E-state index < -0.39 is 0 Å². The molecule has 0 spiro atoms. The molecule has 1 saturated heterocycles. The van der Waals surface area contributed by atoms with Crippen molar-refractivity contribution in [3.8, 4) is 10.9 Å². The lowest BCUT2D eigenvalue weighted by molar-refractivity contribution is 0.0637. The Morgan fingerprint density at radius 2 is 2.08 bits per heavy atom. The number of aromatic nitrogens is 1. The normalized spacial score (nSPS) is 17.4.